The van der Waals surface area contributed by atoms with Gasteiger partial charge in [-0.2, -0.15) is 0 Å². The summed E-state index contributed by atoms with van der Waals surface area (Å²) in [4.78, 5) is 72.9. The molecule has 1 aliphatic carbocycles. The fourth-order valence-corrected chi connectivity index (χ4v) is 12.5. The first kappa shape index (κ1) is 59.7. The van der Waals surface area contributed by atoms with Crippen molar-refractivity contribution in [3.8, 4) is 0 Å². The summed E-state index contributed by atoms with van der Waals surface area (Å²) < 4.78 is 42.3. The number of Topliss-reactive ketones (excluding diaryl/α,β-unsaturated/α-hetero) is 3. The van der Waals surface area contributed by atoms with Gasteiger partial charge in [0, 0.05) is 70.6 Å². The number of aliphatic hydroxyl groups excluding tert-OH is 1. The van der Waals surface area contributed by atoms with E-state index in [1.165, 1.54) is 12.0 Å². The molecule has 1 unspecified atom stereocenters. The molecule has 6 bridgehead atoms. The van der Waals surface area contributed by atoms with E-state index in [1.807, 2.05) is 51.2 Å². The molecule has 0 spiro atoms. The molecule has 406 valence electrons. The number of aliphatic hydroxyl groups is 2. The maximum atomic E-state index is 14.6. The fourth-order valence-electron chi connectivity index (χ4n) is 11.7. The Hall–Kier alpha value is -3.19. The highest BCUT2D eigenvalue weighted by Crippen LogP contribution is 2.45. The quantitative estimate of drug-likeness (QED) is 0.0688. The van der Waals surface area contributed by atoms with Crippen molar-refractivity contribution < 1.29 is 67.3 Å². The van der Waals surface area contributed by atoms with Crippen LogP contribution in [0.2, 0.25) is 19.6 Å². The van der Waals surface area contributed by atoms with Crippen LogP contribution in [0.3, 0.4) is 0 Å². The van der Waals surface area contributed by atoms with Crippen molar-refractivity contribution in [2.24, 2.45) is 41.4 Å². The lowest BCUT2D eigenvalue weighted by Crippen LogP contribution is -2.65. The summed E-state index contributed by atoms with van der Waals surface area (Å²) in [5, 5.41) is 23.7. The molecule has 15 nitrogen and oxygen atoms in total. The normalized spacial score (nSPS) is 39.2. The summed E-state index contributed by atoms with van der Waals surface area (Å²) in [6, 6.07) is -1.12. The summed E-state index contributed by atoms with van der Waals surface area (Å²) >= 11 is 0. The van der Waals surface area contributed by atoms with Crippen LogP contribution in [-0.2, 0) is 57.1 Å². The van der Waals surface area contributed by atoms with Crippen LogP contribution in [0.4, 0.5) is 0 Å². The highest BCUT2D eigenvalue weighted by Gasteiger charge is 2.57. The van der Waals surface area contributed by atoms with E-state index < -0.39 is 91.8 Å². The molecule has 4 fully saturated rings. The molecule has 72 heavy (non-hydrogen) atoms. The van der Waals surface area contributed by atoms with Gasteiger partial charge in [0.2, 0.25) is 5.79 Å². The van der Waals surface area contributed by atoms with Gasteiger partial charge in [0.15, 0.2) is 5.78 Å². The van der Waals surface area contributed by atoms with Crippen molar-refractivity contribution in [2.75, 3.05) is 47.3 Å². The zero-order valence-corrected chi connectivity index (χ0v) is 46.5. The summed E-state index contributed by atoms with van der Waals surface area (Å²) in [5.74, 6) is -8.29. The van der Waals surface area contributed by atoms with Gasteiger partial charge in [-0.05, 0) is 101 Å². The lowest BCUT2D eigenvalue weighted by Gasteiger charge is -2.50. The number of allylic oxidation sites excluding steroid dienone is 6. The van der Waals surface area contributed by atoms with Crippen LogP contribution in [0.25, 0.3) is 0 Å². The van der Waals surface area contributed by atoms with Gasteiger partial charge in [-0.25, -0.2) is 4.79 Å². The number of carbonyl (C=O) groups excluding carboxylic acids is 5. The van der Waals surface area contributed by atoms with Crippen LogP contribution in [0, 0.1) is 41.4 Å². The Morgan fingerprint density at radius 1 is 0.833 bits per heavy atom. The minimum atomic E-state index is -2.43. The summed E-state index contributed by atoms with van der Waals surface area (Å²) in [7, 11) is 3.31. The zero-order chi connectivity index (χ0) is 53.1. The molecule has 0 aromatic carbocycles. The minimum absolute atomic E-state index is 0.0224. The number of fused-ring (bicyclic) bond motifs is 3. The van der Waals surface area contributed by atoms with E-state index in [1.54, 1.807) is 41.1 Å². The number of amides is 1. The second-order valence-electron chi connectivity index (χ2n) is 23.0. The second-order valence-corrected chi connectivity index (χ2v) is 28.4. The molecule has 0 radical (unpaired) electrons. The predicted molar refractivity (Wildman–Crippen MR) is 276 cm³/mol. The second kappa shape index (κ2) is 27.0. The van der Waals surface area contributed by atoms with E-state index in [9.17, 15) is 34.2 Å². The van der Waals surface area contributed by atoms with Crippen LogP contribution in [-0.4, -0.2) is 154 Å². The van der Waals surface area contributed by atoms with Gasteiger partial charge in [-0.3, -0.25) is 19.2 Å². The first-order valence-electron chi connectivity index (χ1n) is 26.7. The van der Waals surface area contributed by atoms with Crippen molar-refractivity contribution in [1.29, 1.82) is 0 Å². The molecular formula is C56H89NO14Si. The summed E-state index contributed by atoms with van der Waals surface area (Å²) in [5.41, 5.74) is 1.29. The van der Waals surface area contributed by atoms with Crippen molar-refractivity contribution >= 4 is 37.3 Å². The minimum Gasteiger partial charge on any atom is -0.460 e. The third-order valence-corrected chi connectivity index (χ3v) is 17.1. The van der Waals surface area contributed by atoms with Crippen molar-refractivity contribution in [3.63, 3.8) is 0 Å². The van der Waals surface area contributed by atoms with Gasteiger partial charge in [0.25, 0.3) is 11.7 Å². The Kier molecular flexibility index (Phi) is 22.4. The first-order valence-corrected chi connectivity index (χ1v) is 30.4. The molecule has 16 atom stereocenters. The highest BCUT2D eigenvalue weighted by atomic mass is 28.3. The molecule has 2 N–H and O–H groups in total. The Labute approximate surface area is 430 Å². The van der Waals surface area contributed by atoms with Gasteiger partial charge in [0.05, 0.1) is 45.7 Å². The number of rotatable bonds is 11. The van der Waals surface area contributed by atoms with Crippen molar-refractivity contribution in [1.82, 2.24) is 4.90 Å². The van der Waals surface area contributed by atoms with Gasteiger partial charge < -0.3 is 48.3 Å². The van der Waals surface area contributed by atoms with Crippen LogP contribution in [0.5, 0.6) is 0 Å². The zero-order valence-electron chi connectivity index (χ0n) is 45.5. The predicted octanol–water partition coefficient (Wildman–Crippen LogP) is 7.32. The van der Waals surface area contributed by atoms with E-state index in [0.717, 1.165) is 24.6 Å². The number of methoxy groups -OCH3 is 3. The number of esters is 1. The van der Waals surface area contributed by atoms with E-state index in [4.69, 9.17) is 33.2 Å². The fraction of sp³-hybridized carbons (Fsp3) is 0.768. The monoisotopic (exact) mass is 1030 g/mol. The van der Waals surface area contributed by atoms with Crippen LogP contribution in [0.1, 0.15) is 112 Å². The van der Waals surface area contributed by atoms with Crippen molar-refractivity contribution in [2.45, 2.75) is 186 Å². The number of hydrogen-bond donors (Lipinski definition) is 2. The van der Waals surface area contributed by atoms with Crippen LogP contribution in [0.15, 0.2) is 47.6 Å². The number of nitrogens with zero attached hydrogens (tertiary/aromatic N) is 1. The first-order chi connectivity index (χ1) is 34.0. The van der Waals surface area contributed by atoms with Crippen LogP contribution >= 0.6 is 0 Å². The molecular weight excluding hydrogens is 939 g/mol. The lowest BCUT2D eigenvalue weighted by atomic mass is 9.68. The topological polar surface area (TPSA) is 194 Å². The Balaban J connectivity index is 1.47. The molecule has 5 rings (SSSR count). The highest BCUT2D eigenvalue weighted by molar-refractivity contribution is 6.76. The number of ether oxygens (including phenoxy) is 7. The average Bonchev–Trinajstić information content (AvgIpc) is 3.33. The molecule has 4 aliphatic heterocycles. The number of carbonyl (C=O) groups is 5. The van der Waals surface area contributed by atoms with Gasteiger partial charge in [-0.1, -0.05) is 83.8 Å². The molecule has 1 saturated carbocycles. The largest absolute Gasteiger partial charge is 0.460 e. The maximum absolute atomic E-state index is 14.6. The SMILES string of the molecule is CO[C@H]1C[C@@H]2CC[C@@H](C)[C@@](O)(O2)C(=O)C(=O)N2CCCC3[C@H]2C(=O)O[C@@H](CC(=O)[C@H](C)/C=C(\C)[C@@H](O)[C@@H](OC)C(=O)[C@H](C)C[C@H](C)/C=C/C=C/C=C1C)[C@H]3C[C@@H]1CC[C@@H](OCCOC[Si](C)(C)C)[C@H](OC)C1. The standard InChI is InChI=1S/C56H89NO14Si/c1-34-17-14-13-15-18-35(2)46(65-7)31-41-22-20-39(6)56(64,71-41)53(61)54(62)57-24-16-19-42-43(29-40-21-23-45(48(30-40)66-8)69-26-25-68-33-72(10,11)12)47(70-55(63)49(42)57)32-44(58)36(3)28-38(5)51(60)52(67-9)50(59)37(4)27-34/h13-15,17-18,28,34,36-37,39-43,45-49,51-52,60,64H,16,19-27,29-33H2,1-12H3/b15-13+,17-14+,35-18?,38-28+/t34-,36-,37-,39-,40+,41+,42?,43+,45-,46+,47+,48-,49+,51-,52+,56-/m1/s1. The number of ketones is 3. The molecule has 0 aromatic heterocycles. The molecule has 4 heterocycles. The lowest BCUT2D eigenvalue weighted by molar-refractivity contribution is -0.266. The van der Waals surface area contributed by atoms with Gasteiger partial charge in [-0.15, -0.1) is 0 Å². The Morgan fingerprint density at radius 2 is 1.57 bits per heavy atom. The van der Waals surface area contributed by atoms with Gasteiger partial charge in [0.1, 0.15) is 30.1 Å². The molecule has 1 amide bonds. The molecule has 3 saturated heterocycles. The smallest absolute Gasteiger partial charge is 0.329 e. The molecule has 0 aromatic rings. The number of piperidine rings is 1. The maximum Gasteiger partial charge on any atom is 0.329 e. The van der Waals surface area contributed by atoms with E-state index in [2.05, 4.69) is 19.6 Å². The van der Waals surface area contributed by atoms with Crippen LogP contribution < -0.4 is 0 Å². The molecule has 5 aliphatic rings. The van der Waals surface area contributed by atoms with E-state index in [-0.39, 0.29) is 54.5 Å². The summed E-state index contributed by atoms with van der Waals surface area (Å²) in [6.45, 7) is 18.7. The number of hydrogen-bond acceptors (Lipinski definition) is 14. The van der Waals surface area contributed by atoms with Gasteiger partial charge >= 0.3 is 5.97 Å². The van der Waals surface area contributed by atoms with Crippen molar-refractivity contribution in [3.05, 3.63) is 47.6 Å². The molecule has 16 heteroatoms. The van der Waals surface area contributed by atoms with E-state index >= 15 is 0 Å². The average molecular weight is 1030 g/mol. The third kappa shape index (κ3) is 15.5. The summed E-state index contributed by atoms with van der Waals surface area (Å²) in [6.07, 6.45) is 12.8. The third-order valence-electron chi connectivity index (χ3n) is 16.0. The Bertz CT molecular complexity index is 1980. The van der Waals surface area contributed by atoms with E-state index in [0.29, 0.717) is 70.2 Å². The Morgan fingerprint density at radius 3 is 2.25 bits per heavy atom.